The highest BCUT2D eigenvalue weighted by atomic mass is 16.4. The quantitative estimate of drug-likeness (QED) is 0.186. The van der Waals surface area contributed by atoms with Crippen LogP contribution in [0.1, 0.15) is 17.5 Å². The van der Waals surface area contributed by atoms with Gasteiger partial charge in [0.1, 0.15) is 6.54 Å². The number of amides is 4. The molecule has 1 aromatic heterocycles. The lowest BCUT2D eigenvalue weighted by Crippen LogP contribution is -2.48. The normalized spacial score (nSPS) is 12.7. The number of nitrogens with one attached hydrogen (secondary N) is 2. The molecule has 0 radical (unpaired) electrons. The molecule has 0 atom stereocenters. The topological polar surface area (TPSA) is 127 Å². The number of carbonyl (C=O) groups excluding carboxylic acids is 3. The highest BCUT2D eigenvalue weighted by molar-refractivity contribution is 6.09. The Morgan fingerprint density at radius 2 is 1.85 bits per heavy atom. The lowest BCUT2D eigenvalue weighted by atomic mass is 10.0. The van der Waals surface area contributed by atoms with Gasteiger partial charge in [-0.1, -0.05) is 53.7 Å². The number of hydrogen-bond donors (Lipinski definition) is 3. The van der Waals surface area contributed by atoms with E-state index in [0.717, 1.165) is 29.5 Å². The molecule has 0 fully saturated rings. The third kappa shape index (κ3) is 5.91. The van der Waals surface area contributed by atoms with Gasteiger partial charge < -0.3 is 20.7 Å². The van der Waals surface area contributed by atoms with Crippen molar-refractivity contribution in [2.24, 2.45) is 5.16 Å². The van der Waals surface area contributed by atoms with E-state index in [2.05, 4.69) is 20.8 Å². The smallest absolute Gasteiger partial charge is 0.319 e. The van der Waals surface area contributed by atoms with Crippen molar-refractivity contribution in [3.63, 3.8) is 0 Å². The van der Waals surface area contributed by atoms with Gasteiger partial charge in [-0.05, 0) is 54.3 Å². The second kappa shape index (κ2) is 12.1. The van der Waals surface area contributed by atoms with Crippen LogP contribution in [0.15, 0.2) is 90.2 Å². The van der Waals surface area contributed by atoms with E-state index >= 15 is 0 Å². The van der Waals surface area contributed by atoms with Crippen LogP contribution in [0.3, 0.4) is 0 Å². The Kier molecular flexibility index (Phi) is 7.96. The molecule has 4 aromatic rings. The van der Waals surface area contributed by atoms with Crippen molar-refractivity contribution in [1.82, 2.24) is 10.3 Å². The Hall–Kier alpha value is -5.25. The monoisotopic (exact) mass is 536 g/mol. The number of carbonyl (C=O) groups is 3. The van der Waals surface area contributed by atoms with Crippen LogP contribution in [0.4, 0.5) is 21.9 Å². The van der Waals surface area contributed by atoms with E-state index in [0.29, 0.717) is 29.0 Å². The van der Waals surface area contributed by atoms with E-state index in [1.165, 1.54) is 11.1 Å². The molecule has 1 aliphatic rings. The van der Waals surface area contributed by atoms with E-state index in [1.54, 1.807) is 47.5 Å². The van der Waals surface area contributed by atoms with E-state index < -0.39 is 11.9 Å². The highest BCUT2D eigenvalue weighted by Gasteiger charge is 2.28. The molecule has 0 bridgehead atoms. The highest BCUT2D eigenvalue weighted by Crippen LogP contribution is 2.29. The van der Waals surface area contributed by atoms with Crippen molar-refractivity contribution in [2.75, 3.05) is 34.8 Å². The number of rotatable bonds is 7. The molecule has 0 saturated carbocycles. The molecule has 1 aliphatic heterocycles. The summed E-state index contributed by atoms with van der Waals surface area (Å²) in [7, 11) is 0. The molecule has 10 heteroatoms. The summed E-state index contributed by atoms with van der Waals surface area (Å²) in [4.78, 5) is 47.4. The summed E-state index contributed by atoms with van der Waals surface area (Å²) in [6.07, 6.45) is 4.60. The lowest BCUT2D eigenvalue weighted by molar-refractivity contribution is -0.122. The average Bonchev–Trinajstić information content (AvgIpc) is 2.98. The van der Waals surface area contributed by atoms with Crippen molar-refractivity contribution in [2.45, 2.75) is 12.8 Å². The summed E-state index contributed by atoms with van der Waals surface area (Å²) in [5.41, 5.74) is 4.06. The molecule has 5 rings (SSSR count). The molecule has 0 spiro atoms. The van der Waals surface area contributed by atoms with Gasteiger partial charge in [0.2, 0.25) is 11.8 Å². The van der Waals surface area contributed by atoms with Gasteiger partial charge >= 0.3 is 6.03 Å². The van der Waals surface area contributed by atoms with Crippen LogP contribution < -0.4 is 20.4 Å². The number of oxime groups is 1. The Labute approximate surface area is 230 Å². The number of para-hydroxylation sites is 2. The lowest BCUT2D eigenvalue weighted by Gasteiger charge is -2.32. The molecule has 0 aliphatic carbocycles. The van der Waals surface area contributed by atoms with E-state index in [4.69, 9.17) is 5.21 Å². The zero-order valence-electron chi connectivity index (χ0n) is 21.7. The fourth-order valence-electron chi connectivity index (χ4n) is 4.82. The van der Waals surface area contributed by atoms with E-state index in [1.807, 2.05) is 42.5 Å². The minimum atomic E-state index is -0.598. The number of aryl methyl sites for hydroxylation is 1. The van der Waals surface area contributed by atoms with Crippen LogP contribution in [0.5, 0.6) is 0 Å². The summed E-state index contributed by atoms with van der Waals surface area (Å²) in [5, 5.41) is 17.8. The largest absolute Gasteiger partial charge is 0.411 e. The second-order valence-corrected chi connectivity index (χ2v) is 9.29. The number of anilines is 3. The van der Waals surface area contributed by atoms with Crippen molar-refractivity contribution in [3.05, 3.63) is 96.2 Å². The van der Waals surface area contributed by atoms with Gasteiger partial charge in [-0.2, -0.15) is 0 Å². The van der Waals surface area contributed by atoms with E-state index in [9.17, 15) is 14.4 Å². The first-order chi connectivity index (χ1) is 19.5. The van der Waals surface area contributed by atoms with Gasteiger partial charge in [0.25, 0.3) is 0 Å². The number of hydrogen-bond acceptors (Lipinski definition) is 6. The van der Waals surface area contributed by atoms with E-state index in [-0.39, 0.29) is 19.0 Å². The van der Waals surface area contributed by atoms with Gasteiger partial charge in [-0.3, -0.25) is 19.5 Å². The maximum atomic E-state index is 13.6. The van der Waals surface area contributed by atoms with Crippen LogP contribution in [0, 0.1) is 0 Å². The number of fused-ring (bicyclic) bond motifs is 2. The Morgan fingerprint density at radius 3 is 2.73 bits per heavy atom. The van der Waals surface area contributed by atoms with Crippen molar-refractivity contribution < 1.29 is 19.6 Å². The number of aromatic nitrogens is 1. The summed E-state index contributed by atoms with van der Waals surface area (Å²) < 4.78 is 0. The molecule has 2 heterocycles. The van der Waals surface area contributed by atoms with Gasteiger partial charge in [-0.25, -0.2) is 4.79 Å². The van der Waals surface area contributed by atoms with Gasteiger partial charge in [0.15, 0.2) is 0 Å². The number of urea groups is 1. The van der Waals surface area contributed by atoms with Crippen LogP contribution in [-0.2, 0) is 16.0 Å². The number of benzene rings is 3. The fraction of sp³-hybridized carbons (Fsp3) is 0.167. The first-order valence-corrected chi connectivity index (χ1v) is 12.9. The Balaban J connectivity index is 1.36. The predicted octanol–water partition coefficient (Wildman–Crippen LogP) is 4.18. The van der Waals surface area contributed by atoms with Gasteiger partial charge in [0, 0.05) is 29.5 Å². The molecule has 40 heavy (non-hydrogen) atoms. The molecule has 3 aromatic carbocycles. The first-order valence-electron chi connectivity index (χ1n) is 12.9. The maximum Gasteiger partial charge on any atom is 0.319 e. The van der Waals surface area contributed by atoms with Crippen LogP contribution in [0.2, 0.25) is 0 Å². The fourth-order valence-corrected chi connectivity index (χ4v) is 4.82. The van der Waals surface area contributed by atoms with Gasteiger partial charge in [-0.15, -0.1) is 0 Å². The SMILES string of the molecule is O=C(NCC(=O)N(CC(=O)N1CCCc2ccccc21)c1cccc2cccnc12)Nc1cccc(/C=N/O)c1. The Bertz CT molecular complexity index is 1580. The molecule has 3 N–H and O–H groups in total. The van der Waals surface area contributed by atoms with Crippen LogP contribution in [-0.4, -0.2) is 53.9 Å². The summed E-state index contributed by atoms with van der Waals surface area (Å²) in [6.45, 7) is -0.00220. The third-order valence-corrected chi connectivity index (χ3v) is 6.66. The molecule has 10 nitrogen and oxygen atoms in total. The minimum absolute atomic E-state index is 0.214. The third-order valence-electron chi connectivity index (χ3n) is 6.66. The molecule has 4 amide bonds. The first kappa shape index (κ1) is 26.4. The Morgan fingerprint density at radius 1 is 1.02 bits per heavy atom. The zero-order valence-corrected chi connectivity index (χ0v) is 21.7. The van der Waals surface area contributed by atoms with Crippen LogP contribution in [0.25, 0.3) is 10.9 Å². The number of nitrogens with zero attached hydrogens (tertiary/aromatic N) is 4. The molecular formula is C30H28N6O4. The summed E-state index contributed by atoms with van der Waals surface area (Å²) in [6, 6.07) is 23.0. The van der Waals surface area contributed by atoms with Crippen LogP contribution >= 0.6 is 0 Å². The minimum Gasteiger partial charge on any atom is -0.411 e. The standard InChI is InChI=1S/C30H28N6O4/c37-27(19-32-30(39)34-24-12-3-7-21(17-24)18-33-40)36(26-14-4-9-23-10-5-15-31-29(23)26)20-28(38)35-16-6-11-22-8-1-2-13-25(22)35/h1-5,7-10,12-15,17-18,40H,6,11,16,19-20H2,(H2,32,34,39)/b33-18+. The second-order valence-electron chi connectivity index (χ2n) is 9.29. The summed E-state index contributed by atoms with van der Waals surface area (Å²) in [5.74, 6) is -0.687. The number of pyridine rings is 1. The summed E-state index contributed by atoms with van der Waals surface area (Å²) >= 11 is 0. The zero-order chi connectivity index (χ0) is 27.9. The molecule has 0 unspecified atom stereocenters. The van der Waals surface area contributed by atoms with Crippen molar-refractivity contribution in [1.29, 1.82) is 0 Å². The average molecular weight is 537 g/mol. The maximum absolute atomic E-state index is 13.6. The van der Waals surface area contributed by atoms with Crippen molar-refractivity contribution in [3.8, 4) is 0 Å². The molecule has 0 saturated heterocycles. The predicted molar refractivity (Wildman–Crippen MR) is 154 cm³/mol. The molecule has 202 valence electrons. The van der Waals surface area contributed by atoms with Crippen molar-refractivity contribution >= 4 is 52.0 Å². The van der Waals surface area contributed by atoms with Gasteiger partial charge in [0.05, 0.1) is 24.0 Å². The molecular weight excluding hydrogens is 508 g/mol.